The quantitative estimate of drug-likeness (QED) is 0.103. The van der Waals surface area contributed by atoms with Gasteiger partial charge < -0.3 is 40.3 Å². The molecule has 1 saturated carbocycles. The SMILES string of the molecule is Cc1ncsc1-c1ccc(CNC(=O)[C@@H]2C[C@@H](O)CN2C(=O)C(NC(=O)COCCN2CCN(c3ccc(C(=O)NC4C(C)(C)C(Oc5ccc(C#N)c(C(F)(F)F)c5)C4(C)C)nc3)C(=O)C2)C(C)(C)C)cc1. The fourth-order valence-electron chi connectivity index (χ4n) is 10.3. The van der Waals surface area contributed by atoms with E-state index in [2.05, 4.69) is 25.9 Å². The van der Waals surface area contributed by atoms with Crippen molar-refractivity contribution >= 4 is 46.6 Å². The van der Waals surface area contributed by atoms with Crippen molar-refractivity contribution in [2.45, 2.75) is 105 Å². The van der Waals surface area contributed by atoms with E-state index in [4.69, 9.17) is 9.47 Å². The predicted octanol–water partition coefficient (Wildman–Crippen LogP) is 5.49. The number of hydrogen-bond donors (Lipinski definition) is 4. The standard InChI is InChI=1S/C52H62F3N9O8S/c1-30-42(73-29-59-30)32-11-9-31(10-12-32)24-58-45(69)39-21-35(65)26-64(39)46(70)43(49(2,3)4)60-40(66)28-71-20-19-62-17-18-63(41(67)27-62)34-14-16-38(57-25-34)44(68)61-47-50(5,6)48(51(47,7)8)72-36-15-13-33(23-56)37(22-36)52(53,54)55/h9-16,22,25,29,35,39,43,47-48,65H,17-21,24,26-28H2,1-8H3,(H,58,69)(H,60,66)(H,61,68)/t35-,39+,43?,47?,48?/m1/s1. The molecule has 0 bridgehead atoms. The highest BCUT2D eigenvalue weighted by Gasteiger charge is 2.64. The number of benzene rings is 2. The van der Waals surface area contributed by atoms with Crippen LogP contribution in [-0.4, -0.2) is 131 Å². The molecule has 2 aromatic heterocycles. The molecule has 1 aliphatic carbocycles. The van der Waals surface area contributed by atoms with E-state index in [0.29, 0.717) is 25.3 Å². The summed E-state index contributed by atoms with van der Waals surface area (Å²) >= 11 is 1.55. The average molecular weight is 1030 g/mol. The Labute approximate surface area is 426 Å². The largest absolute Gasteiger partial charge is 0.489 e. The highest BCUT2D eigenvalue weighted by molar-refractivity contribution is 7.13. The first kappa shape index (κ1) is 54.3. The lowest BCUT2D eigenvalue weighted by atomic mass is 9.49. The zero-order valence-electron chi connectivity index (χ0n) is 42.1. The van der Waals surface area contributed by atoms with E-state index in [1.165, 1.54) is 23.2 Å². The van der Waals surface area contributed by atoms with Crippen LogP contribution >= 0.6 is 11.3 Å². The van der Waals surface area contributed by atoms with Gasteiger partial charge in [-0.15, -0.1) is 11.3 Å². The summed E-state index contributed by atoms with van der Waals surface area (Å²) in [5, 5.41) is 28.5. The van der Waals surface area contributed by atoms with E-state index < -0.39 is 87.5 Å². The highest BCUT2D eigenvalue weighted by Crippen LogP contribution is 2.56. The minimum atomic E-state index is -4.74. The summed E-state index contributed by atoms with van der Waals surface area (Å²) < 4.78 is 52.7. The molecule has 4 heterocycles. The third-order valence-corrected chi connectivity index (χ3v) is 14.9. The Kier molecular flexibility index (Phi) is 16.0. The van der Waals surface area contributed by atoms with Crippen molar-refractivity contribution in [2.75, 3.05) is 50.8 Å². The summed E-state index contributed by atoms with van der Waals surface area (Å²) in [6, 6.07) is 13.3. The Bertz CT molecular complexity index is 2720. The van der Waals surface area contributed by atoms with Crippen molar-refractivity contribution in [2.24, 2.45) is 16.2 Å². The van der Waals surface area contributed by atoms with Crippen LogP contribution in [0.3, 0.4) is 0 Å². The summed E-state index contributed by atoms with van der Waals surface area (Å²) in [4.78, 5) is 82.0. The molecular formula is C52H62F3N9O8S. The number of nitrogens with one attached hydrogen (secondary N) is 3. The number of pyridine rings is 1. The first-order valence-corrected chi connectivity index (χ1v) is 24.9. The third-order valence-electron chi connectivity index (χ3n) is 13.9. The molecule has 4 N–H and O–H groups in total. The molecule has 2 aromatic carbocycles. The van der Waals surface area contributed by atoms with E-state index in [9.17, 15) is 47.5 Å². The minimum absolute atomic E-state index is 0.0399. The van der Waals surface area contributed by atoms with E-state index >= 15 is 0 Å². The monoisotopic (exact) mass is 1030 g/mol. The van der Waals surface area contributed by atoms with Crippen LogP contribution in [0.5, 0.6) is 5.75 Å². The van der Waals surface area contributed by atoms with E-state index in [1.54, 1.807) is 54.7 Å². The molecule has 3 aliphatic rings. The molecule has 4 aromatic rings. The Hall–Kier alpha value is -6.47. The third kappa shape index (κ3) is 12.2. The molecule has 3 atom stereocenters. The van der Waals surface area contributed by atoms with Crippen molar-refractivity contribution < 1.29 is 51.7 Å². The molecule has 1 unspecified atom stereocenters. The number of hydrogen-bond acceptors (Lipinski definition) is 13. The van der Waals surface area contributed by atoms with Crippen LogP contribution in [-0.2, 0) is 36.6 Å². The van der Waals surface area contributed by atoms with Crippen LogP contribution in [0.1, 0.15) is 87.8 Å². The number of anilines is 1. The number of carbonyl (C=O) groups excluding carboxylic acids is 5. The van der Waals surface area contributed by atoms with Crippen LogP contribution in [0, 0.1) is 34.5 Å². The van der Waals surface area contributed by atoms with Gasteiger partial charge in [0.2, 0.25) is 23.6 Å². The normalized spacial score (nSPS) is 21.2. The Morgan fingerprint density at radius 3 is 2.32 bits per heavy atom. The second-order valence-corrected chi connectivity index (χ2v) is 21.9. The van der Waals surface area contributed by atoms with Gasteiger partial charge in [0.25, 0.3) is 5.91 Å². The number of rotatable bonds is 16. The molecule has 7 rings (SSSR count). The van der Waals surface area contributed by atoms with Gasteiger partial charge in [-0.25, -0.2) is 9.97 Å². The Morgan fingerprint density at radius 1 is 1.00 bits per heavy atom. The smallest absolute Gasteiger partial charge is 0.417 e. The Morgan fingerprint density at radius 2 is 1.71 bits per heavy atom. The number of aliphatic hydroxyl groups excluding tert-OH is 1. The molecular weight excluding hydrogens is 968 g/mol. The molecule has 2 saturated heterocycles. The number of aromatic nitrogens is 2. The lowest BCUT2D eigenvalue weighted by Gasteiger charge is -2.63. The number of likely N-dealkylation sites (tertiary alicyclic amines) is 1. The van der Waals surface area contributed by atoms with Gasteiger partial charge >= 0.3 is 6.18 Å². The van der Waals surface area contributed by atoms with E-state index in [-0.39, 0.29) is 56.6 Å². The predicted molar refractivity (Wildman–Crippen MR) is 265 cm³/mol. The minimum Gasteiger partial charge on any atom is -0.489 e. The van der Waals surface area contributed by atoms with Crippen LogP contribution in [0.15, 0.2) is 66.3 Å². The van der Waals surface area contributed by atoms with E-state index in [1.807, 2.05) is 63.8 Å². The molecule has 2 aliphatic heterocycles. The molecule has 390 valence electrons. The topological polar surface area (TPSA) is 219 Å². The number of carbonyl (C=O) groups is 5. The maximum absolute atomic E-state index is 14.1. The number of aryl methyl sites for hydroxylation is 1. The van der Waals surface area contributed by atoms with Gasteiger partial charge in [-0.05, 0) is 53.8 Å². The lowest BCUT2D eigenvalue weighted by molar-refractivity contribution is -0.164. The van der Waals surface area contributed by atoms with Crippen LogP contribution in [0.2, 0.25) is 0 Å². The first-order chi connectivity index (χ1) is 34.3. The van der Waals surface area contributed by atoms with Crippen LogP contribution in [0.25, 0.3) is 10.4 Å². The number of nitrogens with zero attached hydrogens (tertiary/aromatic N) is 6. The molecule has 5 amide bonds. The number of ether oxygens (including phenoxy) is 2. The summed E-state index contributed by atoms with van der Waals surface area (Å²) in [6.07, 6.45) is -4.75. The second kappa shape index (κ2) is 21.5. The lowest BCUT2D eigenvalue weighted by Crippen LogP contribution is -2.74. The molecule has 73 heavy (non-hydrogen) atoms. The van der Waals surface area contributed by atoms with Crippen LogP contribution < -0.4 is 25.6 Å². The number of halogens is 3. The zero-order valence-corrected chi connectivity index (χ0v) is 42.9. The van der Waals surface area contributed by atoms with Crippen LogP contribution in [0.4, 0.5) is 18.9 Å². The number of aliphatic hydroxyl groups is 1. The van der Waals surface area contributed by atoms with Gasteiger partial charge in [0, 0.05) is 56.0 Å². The molecule has 3 fully saturated rings. The van der Waals surface area contributed by atoms with Gasteiger partial charge in [0.1, 0.15) is 36.2 Å². The van der Waals surface area contributed by atoms with Gasteiger partial charge in [0.05, 0.1) is 64.4 Å². The number of nitriles is 1. The zero-order chi connectivity index (χ0) is 53.2. The first-order valence-electron chi connectivity index (χ1n) is 24.0. The second-order valence-electron chi connectivity index (χ2n) is 21.1. The highest BCUT2D eigenvalue weighted by atomic mass is 32.1. The van der Waals surface area contributed by atoms with Crippen molar-refractivity contribution in [3.63, 3.8) is 0 Å². The van der Waals surface area contributed by atoms with Gasteiger partial charge in [-0.2, -0.15) is 18.4 Å². The fraction of sp³-hybridized carbons (Fsp3) is 0.500. The number of β-amino-alcohol motifs (C(OH)–C–C–N with tert-alkyl or cyclic N) is 1. The molecule has 21 heteroatoms. The summed E-state index contributed by atoms with van der Waals surface area (Å²) in [7, 11) is 0. The molecule has 0 radical (unpaired) electrons. The number of amides is 5. The maximum atomic E-state index is 14.1. The van der Waals surface area contributed by atoms with E-state index in [0.717, 1.165) is 33.8 Å². The van der Waals surface area contributed by atoms with Crippen molar-refractivity contribution in [1.29, 1.82) is 5.26 Å². The van der Waals surface area contributed by atoms with Gasteiger partial charge in [0.15, 0.2) is 0 Å². The van der Waals surface area contributed by atoms with Crippen molar-refractivity contribution in [3.05, 3.63) is 94.4 Å². The summed E-state index contributed by atoms with van der Waals surface area (Å²) in [5.74, 6) is -2.17. The van der Waals surface area contributed by atoms with Gasteiger partial charge in [-0.1, -0.05) is 72.7 Å². The number of thiazole rings is 1. The maximum Gasteiger partial charge on any atom is 0.417 e. The number of piperazine rings is 1. The summed E-state index contributed by atoms with van der Waals surface area (Å²) in [5.41, 5.74) is 1.44. The number of alkyl halides is 3. The molecule has 0 spiro atoms. The van der Waals surface area contributed by atoms with Gasteiger partial charge in [-0.3, -0.25) is 28.9 Å². The molecule has 17 nitrogen and oxygen atoms in total. The van der Waals surface area contributed by atoms with Crippen molar-refractivity contribution in [3.8, 4) is 22.3 Å². The fourth-order valence-corrected chi connectivity index (χ4v) is 11.1. The Balaban J connectivity index is 0.844. The average Bonchev–Trinajstić information content (AvgIpc) is 3.96. The summed E-state index contributed by atoms with van der Waals surface area (Å²) in [6.45, 7) is 15.8. The van der Waals surface area contributed by atoms with Crippen molar-refractivity contribution in [1.82, 2.24) is 35.7 Å².